The third-order valence-electron chi connectivity index (χ3n) is 3.48. The van der Waals surface area contributed by atoms with E-state index in [1.54, 1.807) is 6.92 Å². The Morgan fingerprint density at radius 1 is 1.08 bits per heavy atom. The van der Waals surface area contributed by atoms with Crippen LogP contribution in [0.2, 0.25) is 0 Å². The van der Waals surface area contributed by atoms with Crippen molar-refractivity contribution in [2.75, 3.05) is 0 Å². The lowest BCUT2D eigenvalue weighted by Gasteiger charge is -2.07. The maximum absolute atomic E-state index is 12.9. The maximum atomic E-state index is 12.9. The van der Waals surface area contributed by atoms with Gasteiger partial charge in [0, 0.05) is 11.1 Å². The molecule has 0 N–H and O–H groups in total. The van der Waals surface area contributed by atoms with E-state index < -0.39 is 5.25 Å². The molecule has 1 heterocycles. The first-order valence-corrected chi connectivity index (χ1v) is 8.28. The second-order valence-corrected chi connectivity index (χ2v) is 6.66. The predicted octanol–water partition coefficient (Wildman–Crippen LogP) is 4.55. The highest BCUT2D eigenvalue weighted by Crippen LogP contribution is 2.27. The normalized spacial score (nSPS) is 12.1. The lowest BCUT2D eigenvalue weighted by Crippen LogP contribution is -2.13. The minimum Gasteiger partial charge on any atom is -0.411 e. The van der Waals surface area contributed by atoms with Gasteiger partial charge in [-0.15, -0.1) is 10.2 Å². The number of nitrogens with zero attached hydrogens (tertiary/aromatic N) is 2. The number of hydrogen-bond acceptors (Lipinski definition) is 5. The molecule has 1 atom stereocenters. The molecule has 3 aromatic rings. The highest BCUT2D eigenvalue weighted by Gasteiger charge is 2.20. The second-order valence-electron chi connectivity index (χ2n) is 5.37. The number of halogens is 1. The molecule has 0 aliphatic carbocycles. The third kappa shape index (κ3) is 3.71. The van der Waals surface area contributed by atoms with E-state index in [-0.39, 0.29) is 11.6 Å². The Bertz CT molecular complexity index is 844. The van der Waals surface area contributed by atoms with Crippen LogP contribution in [-0.4, -0.2) is 21.2 Å². The van der Waals surface area contributed by atoms with Gasteiger partial charge in [-0.2, -0.15) is 0 Å². The minimum absolute atomic E-state index is 0.116. The van der Waals surface area contributed by atoms with Crippen LogP contribution in [0.1, 0.15) is 22.8 Å². The standard InChI is InChI=1S/C18H15FN2O2S/c1-11-3-5-14(6-4-11)17-20-21-18(23-17)24-12(2)16(22)13-7-9-15(19)10-8-13/h3-10,12H,1-2H3/t12-/m1/s1. The van der Waals surface area contributed by atoms with E-state index in [0.29, 0.717) is 16.7 Å². The molecule has 0 unspecified atom stereocenters. The first-order valence-electron chi connectivity index (χ1n) is 7.40. The van der Waals surface area contributed by atoms with Crippen LogP contribution in [0.25, 0.3) is 11.5 Å². The molecule has 0 radical (unpaired) electrons. The van der Waals surface area contributed by atoms with Gasteiger partial charge in [0.15, 0.2) is 5.78 Å². The quantitative estimate of drug-likeness (QED) is 0.503. The number of aryl methyl sites for hydroxylation is 1. The molecule has 6 heteroatoms. The summed E-state index contributed by atoms with van der Waals surface area (Å²) < 4.78 is 18.6. The Kier molecular flexibility index (Phi) is 4.76. The van der Waals surface area contributed by atoms with Crippen LogP contribution in [0.3, 0.4) is 0 Å². The monoisotopic (exact) mass is 342 g/mol. The van der Waals surface area contributed by atoms with E-state index in [1.165, 1.54) is 36.0 Å². The fraction of sp³-hybridized carbons (Fsp3) is 0.167. The number of benzene rings is 2. The lowest BCUT2D eigenvalue weighted by atomic mass is 10.1. The van der Waals surface area contributed by atoms with Crippen molar-refractivity contribution in [3.8, 4) is 11.5 Å². The highest BCUT2D eigenvalue weighted by molar-refractivity contribution is 8.00. The summed E-state index contributed by atoms with van der Waals surface area (Å²) in [5.74, 6) is -0.0690. The van der Waals surface area contributed by atoms with E-state index in [9.17, 15) is 9.18 Å². The lowest BCUT2D eigenvalue weighted by molar-refractivity contribution is 0.0993. The van der Waals surface area contributed by atoms with Crippen molar-refractivity contribution in [2.24, 2.45) is 0 Å². The van der Waals surface area contributed by atoms with Gasteiger partial charge in [0.25, 0.3) is 5.22 Å². The average Bonchev–Trinajstić information content (AvgIpc) is 3.04. The Hall–Kier alpha value is -2.47. The van der Waals surface area contributed by atoms with Gasteiger partial charge in [0.1, 0.15) is 5.82 Å². The first-order chi connectivity index (χ1) is 11.5. The van der Waals surface area contributed by atoms with E-state index >= 15 is 0 Å². The van der Waals surface area contributed by atoms with E-state index in [1.807, 2.05) is 31.2 Å². The van der Waals surface area contributed by atoms with E-state index in [0.717, 1.165) is 11.1 Å². The molecule has 24 heavy (non-hydrogen) atoms. The molecule has 2 aromatic carbocycles. The maximum Gasteiger partial charge on any atom is 0.277 e. The molecule has 4 nitrogen and oxygen atoms in total. The molecule has 0 spiro atoms. The van der Waals surface area contributed by atoms with Crippen molar-refractivity contribution in [3.63, 3.8) is 0 Å². The molecule has 3 rings (SSSR count). The summed E-state index contributed by atoms with van der Waals surface area (Å²) in [4.78, 5) is 12.3. The highest BCUT2D eigenvalue weighted by atomic mass is 32.2. The van der Waals surface area contributed by atoms with Gasteiger partial charge in [-0.25, -0.2) is 4.39 Å². The van der Waals surface area contributed by atoms with Crippen molar-refractivity contribution in [1.82, 2.24) is 10.2 Å². The van der Waals surface area contributed by atoms with Gasteiger partial charge in [0.05, 0.1) is 5.25 Å². The Balaban J connectivity index is 1.70. The summed E-state index contributed by atoms with van der Waals surface area (Å²) in [6.07, 6.45) is 0. The Morgan fingerprint density at radius 3 is 2.42 bits per heavy atom. The number of carbonyl (C=O) groups is 1. The number of hydrogen-bond donors (Lipinski definition) is 0. The topological polar surface area (TPSA) is 56.0 Å². The third-order valence-corrected chi connectivity index (χ3v) is 4.41. The Morgan fingerprint density at radius 2 is 1.75 bits per heavy atom. The predicted molar refractivity (Wildman–Crippen MR) is 90.5 cm³/mol. The van der Waals surface area contributed by atoms with Crippen molar-refractivity contribution in [2.45, 2.75) is 24.3 Å². The van der Waals surface area contributed by atoms with Crippen LogP contribution in [-0.2, 0) is 0 Å². The molecule has 0 saturated heterocycles. The fourth-order valence-electron chi connectivity index (χ4n) is 2.12. The molecular weight excluding hydrogens is 327 g/mol. The molecule has 122 valence electrons. The zero-order chi connectivity index (χ0) is 17.1. The average molecular weight is 342 g/mol. The van der Waals surface area contributed by atoms with Gasteiger partial charge in [-0.1, -0.05) is 29.5 Å². The largest absolute Gasteiger partial charge is 0.411 e. The Labute approximate surface area is 143 Å². The van der Waals surface area contributed by atoms with Gasteiger partial charge in [-0.3, -0.25) is 4.79 Å². The fourth-order valence-corrected chi connectivity index (χ4v) is 2.88. The molecule has 0 aliphatic rings. The number of aromatic nitrogens is 2. The van der Waals surface area contributed by atoms with Crippen molar-refractivity contribution in [1.29, 1.82) is 0 Å². The summed E-state index contributed by atoms with van der Waals surface area (Å²) >= 11 is 1.19. The van der Waals surface area contributed by atoms with Crippen LogP contribution in [0.5, 0.6) is 0 Å². The first kappa shape index (κ1) is 16.4. The van der Waals surface area contributed by atoms with Crippen LogP contribution < -0.4 is 0 Å². The van der Waals surface area contributed by atoms with Gasteiger partial charge < -0.3 is 4.42 Å². The minimum atomic E-state index is -0.415. The number of ketones is 1. The molecule has 1 aromatic heterocycles. The van der Waals surface area contributed by atoms with Gasteiger partial charge in [-0.05, 0) is 50.2 Å². The zero-order valence-corrected chi connectivity index (χ0v) is 14.0. The molecule has 0 saturated carbocycles. The molecule has 0 bridgehead atoms. The van der Waals surface area contributed by atoms with Gasteiger partial charge in [0.2, 0.25) is 5.89 Å². The SMILES string of the molecule is Cc1ccc(-c2nnc(S[C@H](C)C(=O)c3ccc(F)cc3)o2)cc1. The molecule has 0 amide bonds. The number of rotatable bonds is 5. The van der Waals surface area contributed by atoms with Crippen molar-refractivity contribution < 1.29 is 13.6 Å². The van der Waals surface area contributed by atoms with Gasteiger partial charge >= 0.3 is 0 Å². The summed E-state index contributed by atoms with van der Waals surface area (Å²) in [6.45, 7) is 3.76. The second kappa shape index (κ2) is 6.97. The van der Waals surface area contributed by atoms with Crippen molar-refractivity contribution >= 4 is 17.5 Å². The van der Waals surface area contributed by atoms with E-state index in [2.05, 4.69) is 10.2 Å². The van der Waals surface area contributed by atoms with Crippen LogP contribution in [0.4, 0.5) is 4.39 Å². The summed E-state index contributed by atoms with van der Waals surface area (Å²) in [5.41, 5.74) is 2.43. The summed E-state index contributed by atoms with van der Waals surface area (Å²) in [7, 11) is 0. The van der Waals surface area contributed by atoms with E-state index in [4.69, 9.17) is 4.42 Å². The van der Waals surface area contributed by atoms with Crippen LogP contribution >= 0.6 is 11.8 Å². The molecular formula is C18H15FN2O2S. The summed E-state index contributed by atoms with van der Waals surface area (Å²) in [5, 5.41) is 7.91. The van der Waals surface area contributed by atoms with Crippen LogP contribution in [0.15, 0.2) is 58.2 Å². The number of thioether (sulfide) groups is 1. The van der Waals surface area contributed by atoms with Crippen molar-refractivity contribution in [3.05, 3.63) is 65.5 Å². The molecule has 0 fully saturated rings. The number of carbonyl (C=O) groups excluding carboxylic acids is 1. The summed E-state index contributed by atoms with van der Waals surface area (Å²) in [6, 6.07) is 13.2. The number of Topliss-reactive ketones (excluding diaryl/α,β-unsaturated/α-hetero) is 1. The van der Waals surface area contributed by atoms with Crippen LogP contribution in [0, 0.1) is 12.7 Å². The smallest absolute Gasteiger partial charge is 0.277 e. The zero-order valence-electron chi connectivity index (χ0n) is 13.2. The molecule has 0 aliphatic heterocycles.